The highest BCUT2D eigenvalue weighted by atomic mass is 32.2. The van der Waals surface area contributed by atoms with E-state index in [0.29, 0.717) is 5.56 Å². The van der Waals surface area contributed by atoms with Gasteiger partial charge in [-0.2, -0.15) is 0 Å². The molecule has 8 heteroatoms. The minimum Gasteiger partial charge on any atom is -0.480 e. The first-order valence-corrected chi connectivity index (χ1v) is 8.16. The van der Waals surface area contributed by atoms with Crippen LogP contribution in [0.2, 0.25) is 0 Å². The summed E-state index contributed by atoms with van der Waals surface area (Å²) in [6.07, 6.45) is 2.88. The number of carboxylic acids is 1. The van der Waals surface area contributed by atoms with Gasteiger partial charge in [0.1, 0.15) is 5.25 Å². The van der Waals surface area contributed by atoms with Gasteiger partial charge in [-0.15, -0.1) is 11.8 Å². The van der Waals surface area contributed by atoms with Gasteiger partial charge < -0.3 is 5.11 Å². The second-order valence-corrected chi connectivity index (χ2v) is 8.27. The molecule has 0 saturated carbocycles. The van der Waals surface area contributed by atoms with E-state index in [1.54, 1.807) is 30.3 Å². The normalized spacial score (nSPS) is 40.3. The molecule has 2 aliphatic heterocycles. The number of ketones is 1. The van der Waals surface area contributed by atoms with E-state index >= 15 is 0 Å². The Bertz CT molecular complexity index is 766. The predicted octanol–water partition coefficient (Wildman–Crippen LogP) is 1.84. The number of thioether (sulfide) groups is 2. The van der Waals surface area contributed by atoms with E-state index in [1.807, 2.05) is 0 Å². The quantitative estimate of drug-likeness (QED) is 0.295. The van der Waals surface area contributed by atoms with Crippen molar-refractivity contribution in [2.45, 2.75) is 19.6 Å². The van der Waals surface area contributed by atoms with E-state index in [4.69, 9.17) is 0 Å². The Balaban J connectivity index is 1.81. The van der Waals surface area contributed by atoms with Gasteiger partial charge in [-0.05, 0) is 11.8 Å². The lowest BCUT2D eigenvalue weighted by Crippen LogP contribution is -2.48. The molecule has 1 N–H and O–H groups in total. The summed E-state index contributed by atoms with van der Waals surface area (Å²) >= 11 is 1.99. The molecule has 0 bridgehead atoms. The molecule has 2 fully saturated rings. The van der Waals surface area contributed by atoms with Crippen molar-refractivity contribution >= 4 is 35.3 Å². The third kappa shape index (κ3) is 1.35. The van der Waals surface area contributed by atoms with Gasteiger partial charge in [0, 0.05) is 10.5 Å². The summed E-state index contributed by atoms with van der Waals surface area (Å²) in [5.74, 6) is -1.43. The van der Waals surface area contributed by atoms with Crippen molar-refractivity contribution in [3.63, 3.8) is 0 Å². The van der Waals surface area contributed by atoms with Crippen molar-refractivity contribution < 1.29 is 19.6 Å². The van der Waals surface area contributed by atoms with E-state index in [-0.39, 0.29) is 5.78 Å². The lowest BCUT2D eigenvalue weighted by molar-refractivity contribution is -0.526. The van der Waals surface area contributed by atoms with Crippen LogP contribution >= 0.6 is 23.5 Å². The number of aliphatic carboxylic acids is 1. The zero-order valence-corrected chi connectivity index (χ0v) is 12.6. The minimum atomic E-state index is -1.57. The molecule has 1 aliphatic carbocycles. The lowest BCUT2D eigenvalue weighted by atomic mass is 9.80. The summed E-state index contributed by atoms with van der Waals surface area (Å²) in [7, 11) is 0. The fourth-order valence-electron chi connectivity index (χ4n) is 3.11. The number of hydrogen-bond acceptors (Lipinski definition) is 6. The zero-order valence-electron chi connectivity index (χ0n) is 11.0. The molecule has 1 aromatic rings. The molecule has 0 amide bonds. The monoisotopic (exact) mass is 335 g/mol. The number of benzene rings is 1. The molecule has 3 aliphatic rings. The Kier molecular flexibility index (Phi) is 2.47. The lowest BCUT2D eigenvalue weighted by Gasteiger charge is -2.18. The Morgan fingerprint density at radius 1 is 1.23 bits per heavy atom. The summed E-state index contributed by atoms with van der Waals surface area (Å²) in [4.78, 5) is 33.8. The Morgan fingerprint density at radius 3 is 2.50 bits per heavy atom. The van der Waals surface area contributed by atoms with Crippen molar-refractivity contribution in [3.8, 4) is 0 Å². The van der Waals surface area contributed by atoms with Crippen LogP contribution in [0, 0.1) is 10.1 Å². The third-order valence-electron chi connectivity index (χ3n) is 4.35. The SMILES string of the molecule is O=C(O)C12C=CC3(C(=O)c4ccccc4)SC3([N+](=O)[O-])C1S2. The van der Waals surface area contributed by atoms with Crippen LogP contribution in [-0.2, 0) is 4.79 Å². The number of carbonyl (C=O) groups is 2. The molecule has 0 spiro atoms. The van der Waals surface area contributed by atoms with Crippen molar-refractivity contribution in [3.05, 3.63) is 58.2 Å². The average molecular weight is 335 g/mol. The number of Topliss-reactive ketones (excluding diaryl/α,β-unsaturated/α-hetero) is 1. The molecule has 112 valence electrons. The van der Waals surface area contributed by atoms with Gasteiger partial charge >= 0.3 is 10.8 Å². The first kappa shape index (κ1) is 13.8. The smallest absolute Gasteiger partial charge is 0.325 e. The Morgan fingerprint density at radius 2 is 1.91 bits per heavy atom. The highest BCUT2D eigenvalue weighted by Gasteiger charge is 2.95. The highest BCUT2D eigenvalue weighted by Crippen LogP contribution is 2.81. The number of nitro groups is 1. The first-order valence-electron chi connectivity index (χ1n) is 6.47. The zero-order chi connectivity index (χ0) is 15.8. The molecule has 2 heterocycles. The molecule has 2 saturated heterocycles. The van der Waals surface area contributed by atoms with E-state index in [2.05, 4.69) is 0 Å². The largest absolute Gasteiger partial charge is 0.480 e. The Labute approximate surface area is 133 Å². The van der Waals surface area contributed by atoms with Crippen LogP contribution in [0.1, 0.15) is 10.4 Å². The maximum Gasteiger partial charge on any atom is 0.325 e. The molecule has 1 aromatic carbocycles. The van der Waals surface area contributed by atoms with E-state index in [1.165, 1.54) is 12.2 Å². The second-order valence-electron chi connectivity index (χ2n) is 5.42. The number of nitrogens with zero attached hydrogens (tertiary/aromatic N) is 1. The van der Waals surface area contributed by atoms with Crippen molar-refractivity contribution in [1.82, 2.24) is 0 Å². The van der Waals surface area contributed by atoms with Crippen LogP contribution in [0.15, 0.2) is 42.5 Å². The molecule has 4 rings (SSSR count). The van der Waals surface area contributed by atoms with Gasteiger partial charge in [0.05, 0.1) is 0 Å². The number of carboxylic acid groups (broad SMARTS) is 1. The predicted molar refractivity (Wildman–Crippen MR) is 81.7 cm³/mol. The van der Waals surface area contributed by atoms with Crippen LogP contribution in [-0.4, -0.2) is 41.4 Å². The van der Waals surface area contributed by atoms with E-state index in [0.717, 1.165) is 23.5 Å². The number of hydrogen-bond donors (Lipinski definition) is 1. The van der Waals surface area contributed by atoms with Crippen molar-refractivity contribution in [2.24, 2.45) is 0 Å². The molecular weight excluding hydrogens is 326 g/mol. The molecule has 22 heavy (non-hydrogen) atoms. The maximum atomic E-state index is 12.8. The topological polar surface area (TPSA) is 97.5 Å². The summed E-state index contributed by atoms with van der Waals surface area (Å²) in [6, 6.07) is 8.40. The number of fused-ring (bicyclic) bond motifs is 3. The fourth-order valence-corrected chi connectivity index (χ4v) is 6.41. The van der Waals surface area contributed by atoms with Gasteiger partial charge in [-0.1, -0.05) is 42.5 Å². The minimum absolute atomic E-state index is 0.336. The van der Waals surface area contributed by atoms with Crippen LogP contribution in [0.5, 0.6) is 0 Å². The van der Waals surface area contributed by atoms with Crippen LogP contribution in [0.3, 0.4) is 0 Å². The summed E-state index contributed by atoms with van der Waals surface area (Å²) < 4.78 is -2.54. The molecule has 4 atom stereocenters. The fraction of sp³-hybridized carbons (Fsp3) is 0.286. The van der Waals surface area contributed by atoms with Crippen molar-refractivity contribution in [1.29, 1.82) is 0 Å². The molecule has 0 aromatic heterocycles. The molecular formula is C14H9NO5S2. The molecule has 4 unspecified atom stereocenters. The van der Waals surface area contributed by atoms with Gasteiger partial charge in [0.25, 0.3) is 0 Å². The summed E-state index contributed by atoms with van der Waals surface area (Å²) in [5, 5.41) is 20.3. The maximum absolute atomic E-state index is 12.8. The first-order chi connectivity index (χ1) is 10.4. The van der Waals surface area contributed by atoms with Gasteiger partial charge in [0.2, 0.25) is 0 Å². The van der Waals surface area contributed by atoms with Crippen LogP contribution in [0.25, 0.3) is 0 Å². The van der Waals surface area contributed by atoms with Gasteiger partial charge in [-0.25, -0.2) is 0 Å². The van der Waals surface area contributed by atoms with Gasteiger partial charge in [0.15, 0.2) is 15.3 Å². The van der Waals surface area contributed by atoms with Crippen LogP contribution < -0.4 is 0 Å². The summed E-state index contributed by atoms with van der Waals surface area (Å²) in [5.41, 5.74) is 0.400. The number of carbonyl (C=O) groups excluding carboxylic acids is 1. The standard InChI is InChI=1S/C14H9NO5S2/c16-9(8-4-2-1-3-5-8)13-7-6-12(11(17)18)10(21-12)14(13,22-13)15(19)20/h1-7,10H,(H,17,18). The summed E-state index contributed by atoms with van der Waals surface area (Å²) in [6.45, 7) is 0. The molecule has 6 nitrogen and oxygen atoms in total. The van der Waals surface area contributed by atoms with E-state index in [9.17, 15) is 24.8 Å². The van der Waals surface area contributed by atoms with Crippen molar-refractivity contribution in [2.75, 3.05) is 0 Å². The third-order valence-corrected chi connectivity index (χ3v) is 7.90. The Hall–Kier alpha value is -1.80. The number of rotatable bonds is 4. The van der Waals surface area contributed by atoms with Crippen LogP contribution in [0.4, 0.5) is 0 Å². The second kappa shape index (κ2) is 3.94. The highest BCUT2D eigenvalue weighted by molar-refractivity contribution is 8.15. The van der Waals surface area contributed by atoms with E-state index < -0.39 is 30.5 Å². The van der Waals surface area contributed by atoms with Gasteiger partial charge in [-0.3, -0.25) is 19.7 Å². The average Bonchev–Trinajstić information content (AvgIpc) is 3.37. The molecule has 0 radical (unpaired) electrons.